The average Bonchev–Trinajstić information content (AvgIpc) is 2.98. The summed E-state index contributed by atoms with van der Waals surface area (Å²) in [6, 6.07) is 7.36. The molecule has 2 saturated heterocycles. The van der Waals surface area contributed by atoms with E-state index >= 15 is 0 Å². The summed E-state index contributed by atoms with van der Waals surface area (Å²) in [5, 5.41) is 0.689. The Kier molecular flexibility index (Phi) is 5.28. The van der Waals surface area contributed by atoms with Gasteiger partial charge in [0.2, 0.25) is 0 Å². The van der Waals surface area contributed by atoms with Gasteiger partial charge in [-0.3, -0.25) is 4.79 Å². The maximum Gasteiger partial charge on any atom is 0.254 e. The van der Waals surface area contributed by atoms with E-state index in [4.69, 9.17) is 25.8 Å². The van der Waals surface area contributed by atoms with Gasteiger partial charge in [-0.15, -0.1) is 0 Å². The van der Waals surface area contributed by atoms with Gasteiger partial charge in [0.05, 0.1) is 12.2 Å². The molecule has 2 heterocycles. The minimum Gasteiger partial charge on any atom is -0.488 e. The lowest BCUT2D eigenvalue weighted by Crippen LogP contribution is -2.55. The lowest BCUT2D eigenvalue weighted by atomic mass is 9.88. The van der Waals surface area contributed by atoms with Gasteiger partial charge in [-0.2, -0.15) is 0 Å². The van der Waals surface area contributed by atoms with Crippen LogP contribution in [-0.4, -0.2) is 54.9 Å². The van der Waals surface area contributed by atoms with E-state index in [-0.39, 0.29) is 17.6 Å². The molecule has 0 unspecified atom stereocenters. The fourth-order valence-corrected chi connectivity index (χ4v) is 3.73. The second-order valence-corrected chi connectivity index (χ2v) is 7.87. The van der Waals surface area contributed by atoms with Crippen LogP contribution >= 0.6 is 11.6 Å². The number of halogens is 1. The summed E-state index contributed by atoms with van der Waals surface area (Å²) in [5.41, 5.74) is -1.12. The summed E-state index contributed by atoms with van der Waals surface area (Å²) in [5.74, 6) is 0.805. The van der Waals surface area contributed by atoms with Gasteiger partial charge in [-0.25, -0.2) is 0 Å². The molecule has 3 rings (SSSR count). The monoisotopic (exact) mass is 367 g/mol. The zero-order valence-corrected chi connectivity index (χ0v) is 15.8. The first-order valence-electron chi connectivity index (χ1n) is 8.74. The van der Waals surface area contributed by atoms with E-state index < -0.39 is 5.60 Å². The summed E-state index contributed by atoms with van der Waals surface area (Å²) in [4.78, 5) is 14.6. The number of hydrogen-bond acceptors (Lipinski definition) is 4. The van der Waals surface area contributed by atoms with Crippen molar-refractivity contribution in [3.63, 3.8) is 0 Å². The number of methoxy groups -OCH3 is 1. The van der Waals surface area contributed by atoms with Crippen molar-refractivity contribution in [3.05, 3.63) is 29.3 Å². The van der Waals surface area contributed by atoms with E-state index in [0.29, 0.717) is 18.2 Å². The van der Waals surface area contributed by atoms with Crippen LogP contribution in [0.2, 0.25) is 5.02 Å². The van der Waals surface area contributed by atoms with E-state index in [0.717, 1.165) is 31.6 Å². The number of nitrogens with zero attached hydrogens (tertiary/aromatic N) is 1. The summed E-state index contributed by atoms with van der Waals surface area (Å²) in [6.07, 6.45) is 2.66. The van der Waals surface area contributed by atoms with Gasteiger partial charge in [-0.05, 0) is 51.0 Å². The second kappa shape index (κ2) is 7.14. The van der Waals surface area contributed by atoms with E-state index in [9.17, 15) is 4.79 Å². The predicted octanol–water partition coefficient (Wildman–Crippen LogP) is 3.29. The maximum absolute atomic E-state index is 12.7. The Bertz CT molecular complexity index is 618. The lowest BCUT2D eigenvalue weighted by molar-refractivity contribution is -0.158. The molecule has 6 heteroatoms. The molecule has 2 aliphatic rings. The first-order chi connectivity index (χ1) is 11.8. The highest BCUT2D eigenvalue weighted by Gasteiger charge is 2.47. The minimum atomic E-state index is -0.809. The molecule has 0 radical (unpaired) electrons. The third-order valence-corrected chi connectivity index (χ3v) is 5.40. The van der Waals surface area contributed by atoms with Gasteiger partial charge >= 0.3 is 0 Å². The zero-order chi connectivity index (χ0) is 18.1. The molecule has 0 aromatic heterocycles. The molecule has 0 saturated carbocycles. The third kappa shape index (κ3) is 4.10. The number of piperidine rings is 1. The normalized spacial score (nSPS) is 26.9. The zero-order valence-electron chi connectivity index (χ0n) is 15.1. The number of rotatable bonds is 4. The molecule has 0 bridgehead atoms. The molecular formula is C19H26ClNO4. The molecule has 1 aromatic rings. The van der Waals surface area contributed by atoms with Crippen molar-refractivity contribution < 1.29 is 19.0 Å². The molecule has 25 heavy (non-hydrogen) atoms. The highest BCUT2D eigenvalue weighted by molar-refractivity contribution is 6.30. The Morgan fingerprint density at radius 3 is 2.76 bits per heavy atom. The number of benzene rings is 1. The Morgan fingerprint density at radius 1 is 1.36 bits per heavy atom. The Hall–Kier alpha value is -1.30. The fraction of sp³-hybridized carbons (Fsp3) is 0.632. The Labute approximate surface area is 154 Å². The minimum absolute atomic E-state index is 0.00772. The third-order valence-electron chi connectivity index (χ3n) is 5.14. The summed E-state index contributed by atoms with van der Waals surface area (Å²) in [6.45, 7) is 5.49. The number of amides is 1. The predicted molar refractivity (Wildman–Crippen MR) is 96.1 cm³/mol. The summed E-state index contributed by atoms with van der Waals surface area (Å²) < 4.78 is 17.5. The van der Waals surface area contributed by atoms with Crippen molar-refractivity contribution in [1.29, 1.82) is 0 Å². The van der Waals surface area contributed by atoms with Crippen LogP contribution in [0, 0.1) is 0 Å². The van der Waals surface area contributed by atoms with Crippen LogP contribution < -0.4 is 4.74 Å². The summed E-state index contributed by atoms with van der Waals surface area (Å²) in [7, 11) is 1.57. The summed E-state index contributed by atoms with van der Waals surface area (Å²) >= 11 is 5.91. The fourth-order valence-electron chi connectivity index (χ4n) is 3.61. The largest absolute Gasteiger partial charge is 0.488 e. The highest BCUT2D eigenvalue weighted by Crippen LogP contribution is 2.37. The van der Waals surface area contributed by atoms with Crippen molar-refractivity contribution in [1.82, 2.24) is 4.90 Å². The molecule has 0 aliphatic carbocycles. The van der Waals surface area contributed by atoms with E-state index in [1.54, 1.807) is 21.0 Å². The SMILES string of the molecule is COC(C)(C)C(=O)N1CCC[C@@]2(C[C@@H](Oc3ccc(Cl)cc3)CO2)C1. The number of likely N-dealkylation sites (tertiary alicyclic amines) is 1. The van der Waals surface area contributed by atoms with Crippen LogP contribution in [-0.2, 0) is 14.3 Å². The van der Waals surface area contributed by atoms with Gasteiger partial charge in [0.1, 0.15) is 17.5 Å². The Balaban J connectivity index is 1.63. The van der Waals surface area contributed by atoms with Crippen molar-refractivity contribution in [2.24, 2.45) is 0 Å². The van der Waals surface area contributed by atoms with E-state index in [1.165, 1.54) is 0 Å². The van der Waals surface area contributed by atoms with E-state index in [1.807, 2.05) is 29.2 Å². The molecule has 1 spiro atoms. The number of carbonyl (C=O) groups is 1. The van der Waals surface area contributed by atoms with Crippen molar-refractivity contribution >= 4 is 17.5 Å². The molecule has 5 nitrogen and oxygen atoms in total. The molecule has 1 aromatic carbocycles. The molecular weight excluding hydrogens is 342 g/mol. The van der Waals surface area contributed by atoms with Gasteiger partial charge in [0, 0.05) is 31.6 Å². The van der Waals surface area contributed by atoms with Crippen molar-refractivity contribution in [2.75, 3.05) is 26.8 Å². The maximum atomic E-state index is 12.7. The molecule has 2 aliphatic heterocycles. The second-order valence-electron chi connectivity index (χ2n) is 7.44. The van der Waals surface area contributed by atoms with Crippen molar-refractivity contribution in [3.8, 4) is 5.75 Å². The van der Waals surface area contributed by atoms with Crippen LogP contribution in [0.15, 0.2) is 24.3 Å². The van der Waals surface area contributed by atoms with Crippen LogP contribution in [0.5, 0.6) is 5.75 Å². The first kappa shape index (κ1) is 18.5. The van der Waals surface area contributed by atoms with Crippen LogP contribution in [0.25, 0.3) is 0 Å². The van der Waals surface area contributed by atoms with E-state index in [2.05, 4.69) is 0 Å². The quantitative estimate of drug-likeness (QED) is 0.819. The molecule has 0 N–H and O–H groups in total. The molecule has 2 atom stereocenters. The topological polar surface area (TPSA) is 48.0 Å². The molecule has 138 valence electrons. The van der Waals surface area contributed by atoms with Crippen LogP contribution in [0.4, 0.5) is 0 Å². The van der Waals surface area contributed by atoms with Crippen molar-refractivity contribution in [2.45, 2.75) is 50.4 Å². The van der Waals surface area contributed by atoms with Crippen LogP contribution in [0.1, 0.15) is 33.1 Å². The van der Waals surface area contributed by atoms with Crippen LogP contribution in [0.3, 0.4) is 0 Å². The van der Waals surface area contributed by atoms with Gasteiger partial charge < -0.3 is 19.1 Å². The number of carbonyl (C=O) groups excluding carboxylic acids is 1. The molecule has 1 amide bonds. The number of ether oxygens (including phenoxy) is 3. The Morgan fingerprint density at radius 2 is 2.08 bits per heavy atom. The van der Waals surface area contributed by atoms with Gasteiger partial charge in [-0.1, -0.05) is 11.6 Å². The number of hydrogen-bond donors (Lipinski definition) is 0. The van der Waals surface area contributed by atoms with Gasteiger partial charge in [0.15, 0.2) is 0 Å². The molecule has 2 fully saturated rings. The average molecular weight is 368 g/mol. The first-order valence-corrected chi connectivity index (χ1v) is 9.12. The smallest absolute Gasteiger partial charge is 0.254 e. The highest BCUT2D eigenvalue weighted by atomic mass is 35.5. The standard InChI is InChI=1S/C19H26ClNO4/c1-18(2,23-3)17(22)21-10-4-9-19(13-21)11-16(12-24-19)25-15-7-5-14(20)6-8-15/h5-8,16H,4,9-13H2,1-3H3/t16-,19-/m1/s1. The van der Waals surface area contributed by atoms with Gasteiger partial charge in [0.25, 0.3) is 5.91 Å². The lowest BCUT2D eigenvalue weighted by Gasteiger charge is -2.42.